The van der Waals surface area contributed by atoms with E-state index >= 15 is 0 Å². The zero-order valence-electron chi connectivity index (χ0n) is 16.6. The molecular formula is C24H18ClFN2O3. The van der Waals surface area contributed by atoms with Gasteiger partial charge in [0, 0.05) is 22.8 Å². The van der Waals surface area contributed by atoms with E-state index in [0.717, 1.165) is 11.1 Å². The minimum Gasteiger partial charge on any atom is -0.497 e. The van der Waals surface area contributed by atoms with Crippen LogP contribution in [0, 0.1) is 5.82 Å². The van der Waals surface area contributed by atoms with Crippen LogP contribution in [0.5, 0.6) is 5.75 Å². The van der Waals surface area contributed by atoms with E-state index in [1.165, 1.54) is 18.2 Å². The van der Waals surface area contributed by atoms with Gasteiger partial charge in [0.15, 0.2) is 0 Å². The standard InChI is InChI=1S/C24H18ClFN2O3/c1-31-15-5-2-13(3-6-15)12-28-23(17-10-14(26)4-8-19(17)25)16-7-9-20-18(11-21(29)27-20)22(16)24(28)30/h2-10,23H,11-12H2,1H3,(H,27,29). The summed E-state index contributed by atoms with van der Waals surface area (Å²) in [6, 6.07) is 14.6. The molecule has 1 N–H and O–H groups in total. The molecular weight excluding hydrogens is 419 g/mol. The summed E-state index contributed by atoms with van der Waals surface area (Å²) in [4.78, 5) is 27.2. The predicted molar refractivity (Wildman–Crippen MR) is 115 cm³/mol. The van der Waals surface area contributed by atoms with E-state index in [1.807, 2.05) is 30.3 Å². The summed E-state index contributed by atoms with van der Waals surface area (Å²) in [6.07, 6.45) is 0.143. The van der Waals surface area contributed by atoms with Crippen LogP contribution in [0.4, 0.5) is 10.1 Å². The second kappa shape index (κ2) is 7.39. The van der Waals surface area contributed by atoms with Crippen LogP contribution in [0.3, 0.4) is 0 Å². The van der Waals surface area contributed by atoms with Crippen LogP contribution in [0.15, 0.2) is 54.6 Å². The molecule has 2 heterocycles. The van der Waals surface area contributed by atoms with Gasteiger partial charge >= 0.3 is 0 Å². The van der Waals surface area contributed by atoms with E-state index < -0.39 is 11.9 Å². The minimum absolute atomic E-state index is 0.143. The van der Waals surface area contributed by atoms with Gasteiger partial charge in [0.25, 0.3) is 5.91 Å². The number of nitrogens with zero attached hydrogens (tertiary/aromatic N) is 1. The number of methoxy groups -OCH3 is 1. The number of carbonyl (C=O) groups is 2. The van der Waals surface area contributed by atoms with Crippen molar-refractivity contribution in [3.63, 3.8) is 0 Å². The Kier molecular flexibility index (Phi) is 4.67. The van der Waals surface area contributed by atoms with E-state index in [9.17, 15) is 14.0 Å². The molecule has 3 aromatic rings. The van der Waals surface area contributed by atoms with Gasteiger partial charge in [-0.05, 0) is 53.1 Å². The SMILES string of the molecule is COc1ccc(CN2C(=O)c3c(ccc4c3CC(=O)N4)C2c2cc(F)ccc2Cl)cc1. The van der Waals surface area contributed by atoms with E-state index in [0.29, 0.717) is 39.7 Å². The number of fused-ring (bicyclic) bond motifs is 3. The van der Waals surface area contributed by atoms with Crippen LogP contribution in [-0.4, -0.2) is 23.8 Å². The zero-order chi connectivity index (χ0) is 21.7. The van der Waals surface area contributed by atoms with Gasteiger partial charge in [0.1, 0.15) is 11.6 Å². The highest BCUT2D eigenvalue weighted by molar-refractivity contribution is 6.31. The van der Waals surface area contributed by atoms with Crippen LogP contribution in [0.25, 0.3) is 0 Å². The number of hydrogen-bond acceptors (Lipinski definition) is 3. The van der Waals surface area contributed by atoms with Crippen molar-refractivity contribution in [1.82, 2.24) is 4.90 Å². The Balaban J connectivity index is 1.64. The molecule has 156 valence electrons. The van der Waals surface area contributed by atoms with Crippen LogP contribution >= 0.6 is 11.6 Å². The highest BCUT2D eigenvalue weighted by Crippen LogP contribution is 2.45. The fourth-order valence-corrected chi connectivity index (χ4v) is 4.60. The Bertz CT molecular complexity index is 1230. The monoisotopic (exact) mass is 436 g/mol. The summed E-state index contributed by atoms with van der Waals surface area (Å²) in [6.45, 7) is 0.297. The van der Waals surface area contributed by atoms with Crippen LogP contribution < -0.4 is 10.1 Å². The summed E-state index contributed by atoms with van der Waals surface area (Å²) in [5.74, 6) is -0.0655. The molecule has 0 radical (unpaired) electrons. The first-order chi connectivity index (χ1) is 15.0. The number of carbonyl (C=O) groups excluding carboxylic acids is 2. The van der Waals surface area contributed by atoms with Gasteiger partial charge in [0.05, 0.1) is 25.1 Å². The van der Waals surface area contributed by atoms with Crippen molar-refractivity contribution in [2.45, 2.75) is 19.0 Å². The number of rotatable bonds is 4. The van der Waals surface area contributed by atoms with Crippen molar-refractivity contribution < 1.29 is 18.7 Å². The molecule has 3 aromatic carbocycles. The number of anilines is 1. The van der Waals surface area contributed by atoms with Crippen LogP contribution in [0.2, 0.25) is 5.02 Å². The lowest BCUT2D eigenvalue weighted by Crippen LogP contribution is -2.28. The van der Waals surface area contributed by atoms with Crippen molar-refractivity contribution in [2.75, 3.05) is 12.4 Å². The van der Waals surface area contributed by atoms with Crippen molar-refractivity contribution >= 4 is 29.1 Å². The maximum Gasteiger partial charge on any atom is 0.255 e. The van der Waals surface area contributed by atoms with Crippen LogP contribution in [-0.2, 0) is 17.8 Å². The predicted octanol–water partition coefficient (Wildman–Crippen LogP) is 4.73. The molecule has 0 saturated carbocycles. The normalized spacial score (nSPS) is 16.9. The minimum atomic E-state index is -0.561. The number of nitrogens with one attached hydrogen (secondary N) is 1. The molecule has 0 aliphatic carbocycles. The average Bonchev–Trinajstić information content (AvgIpc) is 3.27. The number of benzene rings is 3. The molecule has 0 bridgehead atoms. The third-order valence-corrected chi connectivity index (χ3v) is 6.15. The molecule has 1 atom stereocenters. The summed E-state index contributed by atoms with van der Waals surface area (Å²) < 4.78 is 19.4. The Labute approximate surface area is 183 Å². The lowest BCUT2D eigenvalue weighted by molar-refractivity contribution is -0.115. The van der Waals surface area contributed by atoms with E-state index in [-0.39, 0.29) is 18.2 Å². The summed E-state index contributed by atoms with van der Waals surface area (Å²) >= 11 is 6.45. The topological polar surface area (TPSA) is 58.6 Å². The number of ether oxygens (including phenoxy) is 1. The maximum absolute atomic E-state index is 14.2. The van der Waals surface area contributed by atoms with Gasteiger partial charge in [-0.1, -0.05) is 29.8 Å². The summed E-state index contributed by atoms with van der Waals surface area (Å²) in [5.41, 5.74) is 3.95. The Morgan fingerprint density at radius 2 is 1.87 bits per heavy atom. The van der Waals surface area contributed by atoms with E-state index in [1.54, 1.807) is 18.1 Å². The number of halogens is 2. The first-order valence-corrected chi connectivity index (χ1v) is 10.2. The first kappa shape index (κ1) is 19.6. The lowest BCUT2D eigenvalue weighted by atomic mass is 9.94. The molecule has 2 amide bonds. The second-order valence-corrected chi connectivity index (χ2v) is 8.04. The maximum atomic E-state index is 14.2. The average molecular weight is 437 g/mol. The third-order valence-electron chi connectivity index (χ3n) is 5.80. The van der Waals surface area contributed by atoms with Crippen molar-refractivity contribution in [3.05, 3.63) is 93.3 Å². The highest BCUT2D eigenvalue weighted by atomic mass is 35.5. The molecule has 2 aliphatic rings. The van der Waals surface area contributed by atoms with Gasteiger partial charge in [0.2, 0.25) is 5.91 Å². The Morgan fingerprint density at radius 1 is 1.10 bits per heavy atom. The first-order valence-electron chi connectivity index (χ1n) is 9.80. The summed E-state index contributed by atoms with van der Waals surface area (Å²) in [7, 11) is 1.59. The fourth-order valence-electron chi connectivity index (χ4n) is 4.38. The van der Waals surface area contributed by atoms with Crippen molar-refractivity contribution in [1.29, 1.82) is 0 Å². The third kappa shape index (κ3) is 3.24. The summed E-state index contributed by atoms with van der Waals surface area (Å²) in [5, 5.41) is 3.17. The van der Waals surface area contributed by atoms with Gasteiger partial charge < -0.3 is 15.0 Å². The molecule has 2 aliphatic heterocycles. The molecule has 5 nitrogen and oxygen atoms in total. The van der Waals surface area contributed by atoms with Gasteiger partial charge in [-0.2, -0.15) is 0 Å². The molecule has 1 unspecified atom stereocenters. The van der Waals surface area contributed by atoms with Crippen LogP contribution in [0.1, 0.15) is 38.7 Å². The lowest BCUT2D eigenvalue weighted by Gasteiger charge is -2.27. The molecule has 7 heteroatoms. The second-order valence-electron chi connectivity index (χ2n) is 7.63. The molecule has 0 spiro atoms. The Morgan fingerprint density at radius 3 is 2.61 bits per heavy atom. The van der Waals surface area contributed by atoms with E-state index in [4.69, 9.17) is 16.3 Å². The van der Waals surface area contributed by atoms with Crippen molar-refractivity contribution in [2.24, 2.45) is 0 Å². The molecule has 0 saturated heterocycles. The molecule has 5 rings (SSSR count). The number of hydrogen-bond donors (Lipinski definition) is 1. The largest absolute Gasteiger partial charge is 0.497 e. The molecule has 0 fully saturated rings. The number of amides is 2. The molecule has 31 heavy (non-hydrogen) atoms. The Hall–Kier alpha value is -3.38. The van der Waals surface area contributed by atoms with Gasteiger partial charge in [-0.3, -0.25) is 9.59 Å². The molecule has 0 aromatic heterocycles. The fraction of sp³-hybridized carbons (Fsp3) is 0.167. The highest BCUT2D eigenvalue weighted by Gasteiger charge is 2.42. The smallest absolute Gasteiger partial charge is 0.255 e. The van der Waals surface area contributed by atoms with Gasteiger partial charge in [-0.15, -0.1) is 0 Å². The van der Waals surface area contributed by atoms with Crippen molar-refractivity contribution in [3.8, 4) is 5.75 Å². The zero-order valence-corrected chi connectivity index (χ0v) is 17.4. The van der Waals surface area contributed by atoms with E-state index in [2.05, 4.69) is 5.32 Å². The van der Waals surface area contributed by atoms with Gasteiger partial charge in [-0.25, -0.2) is 4.39 Å². The quantitative estimate of drug-likeness (QED) is 0.643.